The Bertz CT molecular complexity index is 981. The van der Waals surface area contributed by atoms with E-state index in [4.69, 9.17) is 0 Å². The summed E-state index contributed by atoms with van der Waals surface area (Å²) in [6.07, 6.45) is 0.988. The molecule has 8 heteroatoms. The zero-order chi connectivity index (χ0) is 20.8. The van der Waals surface area contributed by atoms with Gasteiger partial charge in [0.05, 0.1) is 5.75 Å². The third-order valence-corrected chi connectivity index (χ3v) is 5.10. The Balaban J connectivity index is 1.53. The van der Waals surface area contributed by atoms with Crippen molar-refractivity contribution < 1.29 is 9.59 Å². The Morgan fingerprint density at radius 1 is 1.07 bits per heavy atom. The molecule has 2 N–H and O–H groups in total. The van der Waals surface area contributed by atoms with E-state index in [9.17, 15) is 9.59 Å². The van der Waals surface area contributed by atoms with E-state index < -0.39 is 0 Å². The van der Waals surface area contributed by atoms with Crippen molar-refractivity contribution in [3.63, 3.8) is 0 Å². The standard InChI is InChI=1S/C21H23N5O2S/c1-4-14-5-7-15(8-6-14)19-23-21(25-24-19)29-13-18(27)22-17-11-9-16(10-12-17)20(28)26(2)3/h5-12H,4,13H2,1-3H3,(H,22,27)(H,23,24,25). The number of hydrogen-bond donors (Lipinski definition) is 2. The summed E-state index contributed by atoms with van der Waals surface area (Å²) in [5.74, 6) is 0.616. The molecule has 29 heavy (non-hydrogen) atoms. The fraction of sp³-hybridized carbons (Fsp3) is 0.238. The number of nitrogens with zero attached hydrogens (tertiary/aromatic N) is 3. The molecule has 7 nitrogen and oxygen atoms in total. The van der Waals surface area contributed by atoms with Crippen molar-refractivity contribution in [2.24, 2.45) is 0 Å². The van der Waals surface area contributed by atoms with Gasteiger partial charge in [0, 0.05) is 30.9 Å². The summed E-state index contributed by atoms with van der Waals surface area (Å²) in [7, 11) is 3.40. The summed E-state index contributed by atoms with van der Waals surface area (Å²) in [6.45, 7) is 2.11. The van der Waals surface area contributed by atoms with Crippen LogP contribution in [0.2, 0.25) is 0 Å². The van der Waals surface area contributed by atoms with Gasteiger partial charge in [-0.15, -0.1) is 5.10 Å². The molecule has 1 aromatic heterocycles. The van der Waals surface area contributed by atoms with Crippen molar-refractivity contribution in [3.8, 4) is 11.4 Å². The lowest BCUT2D eigenvalue weighted by molar-refractivity contribution is -0.113. The van der Waals surface area contributed by atoms with E-state index in [1.165, 1.54) is 22.2 Å². The summed E-state index contributed by atoms with van der Waals surface area (Å²) < 4.78 is 0. The predicted octanol–water partition coefficient (Wildman–Crippen LogP) is 3.47. The number of rotatable bonds is 7. The Hall–Kier alpha value is -3.13. The molecule has 2 aromatic carbocycles. The van der Waals surface area contributed by atoms with Crippen molar-refractivity contribution in [2.45, 2.75) is 18.5 Å². The van der Waals surface area contributed by atoms with E-state index in [0.717, 1.165) is 12.0 Å². The van der Waals surface area contributed by atoms with Gasteiger partial charge >= 0.3 is 0 Å². The van der Waals surface area contributed by atoms with Gasteiger partial charge in [-0.3, -0.25) is 14.7 Å². The molecule has 3 aromatic rings. The topological polar surface area (TPSA) is 91.0 Å². The average Bonchev–Trinajstić information content (AvgIpc) is 3.21. The maximum Gasteiger partial charge on any atom is 0.253 e. The van der Waals surface area contributed by atoms with E-state index in [1.54, 1.807) is 38.4 Å². The van der Waals surface area contributed by atoms with Gasteiger partial charge in [-0.1, -0.05) is 43.0 Å². The van der Waals surface area contributed by atoms with Crippen LogP contribution in [0.4, 0.5) is 5.69 Å². The highest BCUT2D eigenvalue weighted by atomic mass is 32.2. The second-order valence-electron chi connectivity index (χ2n) is 6.63. The molecule has 0 aliphatic rings. The molecule has 2 amide bonds. The van der Waals surface area contributed by atoms with Gasteiger partial charge in [0.15, 0.2) is 5.82 Å². The predicted molar refractivity (Wildman–Crippen MR) is 115 cm³/mol. The summed E-state index contributed by atoms with van der Waals surface area (Å²) >= 11 is 1.26. The summed E-state index contributed by atoms with van der Waals surface area (Å²) in [6, 6.07) is 14.9. The molecule has 0 aliphatic carbocycles. The van der Waals surface area contributed by atoms with Crippen LogP contribution in [-0.4, -0.2) is 51.7 Å². The van der Waals surface area contributed by atoms with Crippen LogP contribution >= 0.6 is 11.8 Å². The zero-order valence-electron chi connectivity index (χ0n) is 16.6. The largest absolute Gasteiger partial charge is 0.345 e. The van der Waals surface area contributed by atoms with Crippen LogP contribution in [0.15, 0.2) is 53.7 Å². The molecule has 0 fully saturated rings. The minimum atomic E-state index is -0.166. The highest BCUT2D eigenvalue weighted by Crippen LogP contribution is 2.20. The molecule has 0 saturated carbocycles. The second-order valence-corrected chi connectivity index (χ2v) is 7.57. The lowest BCUT2D eigenvalue weighted by Gasteiger charge is -2.10. The number of H-pyrrole nitrogens is 1. The Morgan fingerprint density at radius 3 is 2.38 bits per heavy atom. The summed E-state index contributed by atoms with van der Waals surface area (Å²) in [4.78, 5) is 30.0. The normalized spacial score (nSPS) is 10.6. The number of carbonyl (C=O) groups is 2. The SMILES string of the molecule is CCc1ccc(-c2nc(SCC(=O)Nc3ccc(C(=O)N(C)C)cc3)n[nH]2)cc1. The Morgan fingerprint density at radius 2 is 1.76 bits per heavy atom. The van der Waals surface area contributed by atoms with Gasteiger partial charge in [0.1, 0.15) is 0 Å². The number of hydrogen-bond acceptors (Lipinski definition) is 5. The number of anilines is 1. The van der Waals surface area contributed by atoms with Crippen LogP contribution in [0.25, 0.3) is 11.4 Å². The minimum absolute atomic E-state index is 0.0804. The van der Waals surface area contributed by atoms with E-state index in [0.29, 0.717) is 22.2 Å². The van der Waals surface area contributed by atoms with Crippen molar-refractivity contribution in [3.05, 3.63) is 59.7 Å². The maximum absolute atomic E-state index is 12.2. The number of aromatic amines is 1. The maximum atomic E-state index is 12.2. The van der Waals surface area contributed by atoms with Gasteiger partial charge in [-0.05, 0) is 36.2 Å². The van der Waals surface area contributed by atoms with E-state index in [-0.39, 0.29) is 17.6 Å². The monoisotopic (exact) mass is 409 g/mol. The molecule has 1 heterocycles. The second kappa shape index (κ2) is 9.38. The number of amides is 2. The molecular formula is C21H23N5O2S. The number of thioether (sulfide) groups is 1. The third kappa shape index (κ3) is 5.45. The minimum Gasteiger partial charge on any atom is -0.345 e. The number of aromatic nitrogens is 3. The first kappa shape index (κ1) is 20.6. The number of aryl methyl sites for hydroxylation is 1. The van der Waals surface area contributed by atoms with Crippen molar-refractivity contribution in [1.82, 2.24) is 20.1 Å². The van der Waals surface area contributed by atoms with Gasteiger partial charge < -0.3 is 10.2 Å². The van der Waals surface area contributed by atoms with E-state index in [1.807, 2.05) is 12.1 Å². The number of benzene rings is 2. The highest BCUT2D eigenvalue weighted by molar-refractivity contribution is 7.99. The quantitative estimate of drug-likeness (QED) is 0.583. The van der Waals surface area contributed by atoms with Gasteiger partial charge in [-0.25, -0.2) is 4.98 Å². The van der Waals surface area contributed by atoms with Crippen LogP contribution < -0.4 is 5.32 Å². The number of carbonyl (C=O) groups excluding carboxylic acids is 2. The molecular weight excluding hydrogens is 386 g/mol. The lowest BCUT2D eigenvalue weighted by Crippen LogP contribution is -2.21. The number of nitrogens with one attached hydrogen (secondary N) is 2. The average molecular weight is 410 g/mol. The smallest absolute Gasteiger partial charge is 0.253 e. The Labute approximate surface area is 173 Å². The third-order valence-electron chi connectivity index (χ3n) is 4.25. The van der Waals surface area contributed by atoms with Gasteiger partial charge in [0.2, 0.25) is 11.1 Å². The summed E-state index contributed by atoms with van der Waals surface area (Å²) in [5.41, 5.74) is 3.43. The van der Waals surface area contributed by atoms with Crippen LogP contribution in [0.5, 0.6) is 0 Å². The van der Waals surface area contributed by atoms with Crippen LogP contribution in [-0.2, 0) is 11.2 Å². The van der Waals surface area contributed by atoms with E-state index in [2.05, 4.69) is 39.6 Å². The van der Waals surface area contributed by atoms with Crippen molar-refractivity contribution in [1.29, 1.82) is 0 Å². The van der Waals surface area contributed by atoms with Crippen LogP contribution in [0, 0.1) is 0 Å². The first-order valence-corrected chi connectivity index (χ1v) is 10.2. The lowest BCUT2D eigenvalue weighted by atomic mass is 10.1. The Kier molecular flexibility index (Phi) is 6.66. The molecule has 0 saturated heterocycles. The first-order valence-electron chi connectivity index (χ1n) is 9.22. The molecule has 0 atom stereocenters. The van der Waals surface area contributed by atoms with Gasteiger partial charge in [0.25, 0.3) is 5.91 Å². The zero-order valence-corrected chi connectivity index (χ0v) is 17.4. The molecule has 3 rings (SSSR count). The molecule has 0 unspecified atom stereocenters. The molecule has 0 spiro atoms. The molecule has 0 aliphatic heterocycles. The molecule has 0 radical (unpaired) electrons. The van der Waals surface area contributed by atoms with Crippen molar-refractivity contribution >= 4 is 29.3 Å². The van der Waals surface area contributed by atoms with Crippen LogP contribution in [0.3, 0.4) is 0 Å². The fourth-order valence-electron chi connectivity index (χ4n) is 2.62. The summed E-state index contributed by atoms with van der Waals surface area (Å²) in [5, 5.41) is 10.4. The van der Waals surface area contributed by atoms with E-state index >= 15 is 0 Å². The van der Waals surface area contributed by atoms with Crippen LogP contribution in [0.1, 0.15) is 22.8 Å². The first-order chi connectivity index (χ1) is 14.0. The fourth-order valence-corrected chi connectivity index (χ4v) is 3.22. The van der Waals surface area contributed by atoms with Crippen molar-refractivity contribution in [2.75, 3.05) is 25.2 Å². The van der Waals surface area contributed by atoms with Gasteiger partial charge in [-0.2, -0.15) is 0 Å². The molecule has 150 valence electrons. The molecule has 0 bridgehead atoms. The highest BCUT2D eigenvalue weighted by Gasteiger charge is 2.11.